The molecule has 0 spiro atoms. The van der Waals surface area contributed by atoms with E-state index in [0.29, 0.717) is 0 Å². The molecule has 1 aliphatic carbocycles. The lowest BCUT2D eigenvalue weighted by Gasteiger charge is -2.23. The Hall–Kier alpha value is -2.55. The summed E-state index contributed by atoms with van der Waals surface area (Å²) in [7, 11) is 0. The van der Waals surface area contributed by atoms with Gasteiger partial charge in [-0.05, 0) is 74.6 Å². The van der Waals surface area contributed by atoms with E-state index in [1.165, 1.54) is 33.3 Å². The van der Waals surface area contributed by atoms with Crippen molar-refractivity contribution in [2.75, 3.05) is 0 Å². The van der Waals surface area contributed by atoms with Gasteiger partial charge in [-0.15, -0.1) is 0 Å². The standard InChI is InChI=1S/C22H24N2O/c1-13-4-9-20-19(10-13)18-8-7-17(12-21(18)24-20)23-22(25)16-6-5-14(2)15(3)11-16/h4-6,9-11,17,24H,7-8,12H2,1-3H3,(H,23,25). The zero-order chi connectivity index (χ0) is 17.6. The van der Waals surface area contributed by atoms with Crippen molar-refractivity contribution in [2.45, 2.75) is 46.1 Å². The normalized spacial score (nSPS) is 16.7. The van der Waals surface area contributed by atoms with E-state index in [9.17, 15) is 4.79 Å². The molecule has 1 heterocycles. The molecule has 0 saturated carbocycles. The summed E-state index contributed by atoms with van der Waals surface area (Å²) in [6.07, 6.45) is 2.88. The molecule has 0 fully saturated rings. The fraction of sp³-hybridized carbons (Fsp3) is 0.318. The fourth-order valence-corrected chi connectivity index (χ4v) is 3.82. The van der Waals surface area contributed by atoms with Gasteiger partial charge in [-0.25, -0.2) is 0 Å². The van der Waals surface area contributed by atoms with Gasteiger partial charge >= 0.3 is 0 Å². The monoisotopic (exact) mass is 332 g/mol. The van der Waals surface area contributed by atoms with E-state index in [1.54, 1.807) is 0 Å². The van der Waals surface area contributed by atoms with Crippen LogP contribution in [-0.4, -0.2) is 16.9 Å². The summed E-state index contributed by atoms with van der Waals surface area (Å²) in [5.74, 6) is 0.0310. The maximum Gasteiger partial charge on any atom is 0.251 e. The Morgan fingerprint density at radius 2 is 1.92 bits per heavy atom. The third-order valence-corrected chi connectivity index (χ3v) is 5.45. The molecule has 1 atom stereocenters. The summed E-state index contributed by atoms with van der Waals surface area (Å²) in [5.41, 5.74) is 8.32. The van der Waals surface area contributed by atoms with Gasteiger partial charge in [0.1, 0.15) is 0 Å². The van der Waals surface area contributed by atoms with Crippen LogP contribution in [0.3, 0.4) is 0 Å². The van der Waals surface area contributed by atoms with Crippen molar-refractivity contribution in [2.24, 2.45) is 0 Å². The first-order chi connectivity index (χ1) is 12.0. The molecule has 25 heavy (non-hydrogen) atoms. The first-order valence-corrected chi connectivity index (χ1v) is 8.99. The number of aryl methyl sites for hydroxylation is 4. The van der Waals surface area contributed by atoms with E-state index in [1.807, 2.05) is 25.1 Å². The zero-order valence-electron chi connectivity index (χ0n) is 15.1. The predicted octanol–water partition coefficient (Wildman–Crippen LogP) is 4.38. The number of hydrogen-bond donors (Lipinski definition) is 2. The van der Waals surface area contributed by atoms with Crippen LogP contribution in [0.5, 0.6) is 0 Å². The van der Waals surface area contributed by atoms with E-state index in [4.69, 9.17) is 0 Å². The number of hydrogen-bond acceptors (Lipinski definition) is 1. The van der Waals surface area contributed by atoms with Crippen LogP contribution < -0.4 is 5.32 Å². The molecular weight excluding hydrogens is 308 g/mol. The maximum atomic E-state index is 12.6. The van der Waals surface area contributed by atoms with E-state index >= 15 is 0 Å². The van der Waals surface area contributed by atoms with Crippen LogP contribution in [0.1, 0.15) is 44.7 Å². The number of carbonyl (C=O) groups excluding carboxylic acids is 1. The smallest absolute Gasteiger partial charge is 0.251 e. The Bertz CT molecular complexity index is 968. The van der Waals surface area contributed by atoms with Gasteiger partial charge in [0, 0.05) is 34.6 Å². The fourth-order valence-electron chi connectivity index (χ4n) is 3.82. The molecular formula is C22H24N2O. The van der Waals surface area contributed by atoms with Crippen molar-refractivity contribution < 1.29 is 4.79 Å². The molecule has 3 heteroatoms. The van der Waals surface area contributed by atoms with Gasteiger partial charge < -0.3 is 10.3 Å². The first kappa shape index (κ1) is 15.9. The highest BCUT2D eigenvalue weighted by Crippen LogP contribution is 2.30. The van der Waals surface area contributed by atoms with Crippen molar-refractivity contribution >= 4 is 16.8 Å². The molecule has 1 unspecified atom stereocenters. The van der Waals surface area contributed by atoms with Gasteiger partial charge in [-0.2, -0.15) is 0 Å². The van der Waals surface area contributed by atoms with E-state index in [2.05, 4.69) is 42.3 Å². The molecule has 2 N–H and O–H groups in total. The minimum absolute atomic E-state index is 0.0310. The van der Waals surface area contributed by atoms with Crippen molar-refractivity contribution in [3.05, 3.63) is 69.9 Å². The number of aromatic amines is 1. The summed E-state index contributed by atoms with van der Waals surface area (Å²) in [4.78, 5) is 16.1. The average molecular weight is 332 g/mol. The number of aromatic nitrogens is 1. The molecule has 1 aromatic heterocycles. The van der Waals surface area contributed by atoms with Crippen LogP contribution in [0.4, 0.5) is 0 Å². The van der Waals surface area contributed by atoms with Crippen LogP contribution in [0.2, 0.25) is 0 Å². The highest BCUT2D eigenvalue weighted by molar-refractivity contribution is 5.94. The van der Waals surface area contributed by atoms with Crippen LogP contribution in [0, 0.1) is 20.8 Å². The van der Waals surface area contributed by atoms with Crippen LogP contribution in [0.25, 0.3) is 10.9 Å². The summed E-state index contributed by atoms with van der Waals surface area (Å²) in [6.45, 7) is 6.25. The lowest BCUT2D eigenvalue weighted by Crippen LogP contribution is -2.38. The van der Waals surface area contributed by atoms with Crippen molar-refractivity contribution in [3.63, 3.8) is 0 Å². The molecule has 4 rings (SSSR count). The third-order valence-electron chi connectivity index (χ3n) is 5.45. The van der Waals surface area contributed by atoms with Crippen LogP contribution >= 0.6 is 0 Å². The highest BCUT2D eigenvalue weighted by atomic mass is 16.1. The zero-order valence-corrected chi connectivity index (χ0v) is 15.1. The number of carbonyl (C=O) groups is 1. The molecule has 0 saturated heterocycles. The predicted molar refractivity (Wildman–Crippen MR) is 102 cm³/mol. The van der Waals surface area contributed by atoms with Gasteiger partial charge in [-0.3, -0.25) is 4.79 Å². The van der Waals surface area contributed by atoms with E-state index < -0.39 is 0 Å². The molecule has 2 aromatic carbocycles. The van der Waals surface area contributed by atoms with E-state index in [0.717, 1.165) is 30.4 Å². The van der Waals surface area contributed by atoms with Gasteiger partial charge in [0.05, 0.1) is 0 Å². The Morgan fingerprint density at radius 1 is 1.08 bits per heavy atom. The summed E-state index contributed by atoms with van der Waals surface area (Å²) in [5, 5.41) is 4.56. The molecule has 128 valence electrons. The number of nitrogens with one attached hydrogen (secondary N) is 2. The molecule has 1 amide bonds. The molecule has 3 nitrogen and oxygen atoms in total. The summed E-state index contributed by atoms with van der Waals surface area (Å²) in [6, 6.07) is 12.7. The topological polar surface area (TPSA) is 44.9 Å². The maximum absolute atomic E-state index is 12.6. The number of amides is 1. The number of H-pyrrole nitrogens is 1. The second-order valence-electron chi connectivity index (χ2n) is 7.34. The van der Waals surface area contributed by atoms with Gasteiger partial charge in [-0.1, -0.05) is 17.7 Å². The third kappa shape index (κ3) is 2.95. The lowest BCUT2D eigenvalue weighted by molar-refractivity contribution is 0.0933. The summed E-state index contributed by atoms with van der Waals surface area (Å²) >= 11 is 0. The second kappa shape index (κ2) is 6.07. The number of rotatable bonds is 2. The lowest BCUT2D eigenvalue weighted by atomic mass is 9.91. The Labute approximate surface area is 148 Å². The molecule has 0 aliphatic heterocycles. The molecule has 0 bridgehead atoms. The molecule has 1 aliphatic rings. The minimum atomic E-state index is 0.0310. The molecule has 0 radical (unpaired) electrons. The van der Waals surface area contributed by atoms with E-state index in [-0.39, 0.29) is 11.9 Å². The Morgan fingerprint density at radius 3 is 2.72 bits per heavy atom. The Balaban J connectivity index is 1.53. The van der Waals surface area contributed by atoms with Crippen LogP contribution in [0.15, 0.2) is 36.4 Å². The quantitative estimate of drug-likeness (QED) is 0.718. The summed E-state index contributed by atoms with van der Waals surface area (Å²) < 4.78 is 0. The SMILES string of the molecule is Cc1ccc2[nH]c3c(c2c1)CCC(NC(=O)c1ccc(C)c(C)c1)C3. The van der Waals surface area contributed by atoms with Crippen LogP contribution in [-0.2, 0) is 12.8 Å². The Kier molecular flexibility index (Phi) is 3.87. The largest absolute Gasteiger partial charge is 0.358 e. The number of benzene rings is 2. The van der Waals surface area contributed by atoms with Crippen molar-refractivity contribution in [1.82, 2.24) is 10.3 Å². The van der Waals surface area contributed by atoms with Gasteiger partial charge in [0.2, 0.25) is 0 Å². The van der Waals surface area contributed by atoms with Crippen molar-refractivity contribution in [1.29, 1.82) is 0 Å². The second-order valence-corrected chi connectivity index (χ2v) is 7.34. The first-order valence-electron chi connectivity index (χ1n) is 8.99. The van der Waals surface area contributed by atoms with Gasteiger partial charge in [0.15, 0.2) is 0 Å². The van der Waals surface area contributed by atoms with Crippen molar-refractivity contribution in [3.8, 4) is 0 Å². The highest BCUT2D eigenvalue weighted by Gasteiger charge is 2.24. The minimum Gasteiger partial charge on any atom is -0.358 e. The molecule has 3 aromatic rings. The average Bonchev–Trinajstić information content (AvgIpc) is 2.94. The van der Waals surface area contributed by atoms with Gasteiger partial charge in [0.25, 0.3) is 5.91 Å². The number of fused-ring (bicyclic) bond motifs is 3.